The molecule has 0 aliphatic rings. The minimum Gasteiger partial charge on any atom is -0.456 e. The summed E-state index contributed by atoms with van der Waals surface area (Å²) >= 11 is 0. The largest absolute Gasteiger partial charge is 0.456 e. The highest BCUT2D eigenvalue weighted by molar-refractivity contribution is 6.32. The molecule has 0 bridgehead atoms. The second-order valence-corrected chi connectivity index (χ2v) is 6.32. The molecule has 0 fully saturated rings. The Morgan fingerprint density at radius 3 is 2.42 bits per heavy atom. The average molecular weight is 310 g/mol. The van der Waals surface area contributed by atoms with Gasteiger partial charge in [0.05, 0.1) is 0 Å². The van der Waals surface area contributed by atoms with Crippen LogP contribution in [0.5, 0.6) is 0 Å². The zero-order chi connectivity index (χ0) is 15.8. The maximum absolute atomic E-state index is 14.8. The number of halogens is 1. The summed E-state index contributed by atoms with van der Waals surface area (Å²) in [6, 6.07) is 21.7. The van der Waals surface area contributed by atoms with Crippen LogP contribution in [0.15, 0.2) is 71.1 Å². The molecule has 0 saturated carbocycles. The van der Waals surface area contributed by atoms with Crippen LogP contribution in [0.2, 0.25) is 0 Å². The molecular formula is C22H11FO. The van der Waals surface area contributed by atoms with Crippen molar-refractivity contribution in [1.82, 2.24) is 0 Å². The molecule has 0 saturated heterocycles. The van der Waals surface area contributed by atoms with Crippen LogP contribution in [0.4, 0.5) is 4.39 Å². The first-order chi connectivity index (χ1) is 11.8. The van der Waals surface area contributed by atoms with Crippen LogP contribution in [-0.2, 0) is 0 Å². The van der Waals surface area contributed by atoms with Crippen molar-refractivity contribution < 1.29 is 8.81 Å². The predicted octanol–water partition coefficient (Wildman–Crippen LogP) is 6.62. The van der Waals surface area contributed by atoms with Gasteiger partial charge in [0.25, 0.3) is 0 Å². The first-order valence-electron chi connectivity index (χ1n) is 7.98. The van der Waals surface area contributed by atoms with Gasteiger partial charge in [0, 0.05) is 21.5 Å². The van der Waals surface area contributed by atoms with Crippen LogP contribution in [0.3, 0.4) is 0 Å². The van der Waals surface area contributed by atoms with Gasteiger partial charge in [-0.15, -0.1) is 0 Å². The van der Waals surface area contributed by atoms with Gasteiger partial charge < -0.3 is 4.42 Å². The summed E-state index contributed by atoms with van der Waals surface area (Å²) in [5, 5.41) is 8.01. The van der Waals surface area contributed by atoms with Gasteiger partial charge >= 0.3 is 0 Å². The van der Waals surface area contributed by atoms with E-state index >= 15 is 0 Å². The topological polar surface area (TPSA) is 13.1 Å². The van der Waals surface area contributed by atoms with E-state index in [1.165, 1.54) is 0 Å². The van der Waals surface area contributed by atoms with Crippen molar-refractivity contribution in [2.75, 3.05) is 0 Å². The van der Waals surface area contributed by atoms with Crippen molar-refractivity contribution >= 4 is 54.3 Å². The molecule has 1 heterocycles. The van der Waals surface area contributed by atoms with E-state index in [4.69, 9.17) is 4.42 Å². The van der Waals surface area contributed by atoms with E-state index in [1.807, 2.05) is 36.4 Å². The minimum absolute atomic E-state index is 0.200. The molecule has 5 aromatic carbocycles. The number of furan rings is 1. The highest BCUT2D eigenvalue weighted by Crippen LogP contribution is 2.42. The third-order valence-corrected chi connectivity index (χ3v) is 5.05. The molecule has 0 spiro atoms. The van der Waals surface area contributed by atoms with Crippen molar-refractivity contribution in [3.05, 3.63) is 72.5 Å². The molecule has 0 aliphatic carbocycles. The van der Waals surface area contributed by atoms with E-state index in [0.29, 0.717) is 5.39 Å². The molecule has 0 aliphatic heterocycles. The Labute approximate surface area is 136 Å². The SMILES string of the molecule is Fc1cc2cccc3ccc4c5c(cc1c4c32)oc1ccccc15. The zero-order valence-corrected chi connectivity index (χ0v) is 12.6. The number of rotatable bonds is 0. The molecule has 24 heavy (non-hydrogen) atoms. The lowest BCUT2D eigenvalue weighted by atomic mass is 9.92. The fourth-order valence-electron chi connectivity index (χ4n) is 4.07. The second kappa shape index (κ2) is 4.04. The predicted molar refractivity (Wildman–Crippen MR) is 97.4 cm³/mol. The van der Waals surface area contributed by atoms with Gasteiger partial charge in [0.15, 0.2) is 0 Å². The smallest absolute Gasteiger partial charge is 0.136 e. The number of hydrogen-bond donors (Lipinski definition) is 0. The lowest BCUT2D eigenvalue weighted by Gasteiger charge is -2.12. The van der Waals surface area contributed by atoms with Gasteiger partial charge in [0.2, 0.25) is 0 Å². The van der Waals surface area contributed by atoms with E-state index in [-0.39, 0.29) is 5.82 Å². The van der Waals surface area contributed by atoms with Crippen molar-refractivity contribution in [3.8, 4) is 0 Å². The van der Waals surface area contributed by atoms with Gasteiger partial charge in [0.1, 0.15) is 17.0 Å². The molecule has 0 radical (unpaired) electrons. The van der Waals surface area contributed by atoms with Crippen LogP contribution in [0.1, 0.15) is 0 Å². The monoisotopic (exact) mass is 310 g/mol. The van der Waals surface area contributed by atoms with E-state index in [2.05, 4.69) is 24.3 Å². The Hall–Kier alpha value is -3.13. The summed E-state index contributed by atoms with van der Waals surface area (Å²) in [6.07, 6.45) is 0. The van der Waals surface area contributed by atoms with Gasteiger partial charge in [-0.05, 0) is 39.7 Å². The Balaban J connectivity index is 2.05. The van der Waals surface area contributed by atoms with Crippen molar-refractivity contribution in [3.63, 3.8) is 0 Å². The van der Waals surface area contributed by atoms with Gasteiger partial charge in [-0.3, -0.25) is 0 Å². The molecule has 2 heteroatoms. The van der Waals surface area contributed by atoms with Crippen LogP contribution >= 0.6 is 0 Å². The quantitative estimate of drug-likeness (QED) is 0.287. The Bertz CT molecular complexity index is 1410. The number of hydrogen-bond acceptors (Lipinski definition) is 1. The number of para-hydroxylation sites is 1. The lowest BCUT2D eigenvalue weighted by molar-refractivity contribution is 0.640. The maximum atomic E-state index is 14.8. The highest BCUT2D eigenvalue weighted by atomic mass is 19.1. The van der Waals surface area contributed by atoms with Crippen LogP contribution in [0, 0.1) is 5.82 Å². The standard InChI is InChI=1S/C22H11FO/c23-17-10-13-5-3-4-12-8-9-15-21-14-6-1-2-7-18(14)24-19(21)11-16(17)22(15)20(12)13/h1-11H. The summed E-state index contributed by atoms with van der Waals surface area (Å²) in [6.45, 7) is 0. The molecule has 0 unspecified atom stereocenters. The average Bonchev–Trinajstić information content (AvgIpc) is 2.98. The third-order valence-electron chi connectivity index (χ3n) is 5.05. The van der Waals surface area contributed by atoms with Crippen LogP contribution in [0.25, 0.3) is 54.3 Å². The molecule has 1 aromatic heterocycles. The van der Waals surface area contributed by atoms with Crippen molar-refractivity contribution in [2.24, 2.45) is 0 Å². The summed E-state index contributed by atoms with van der Waals surface area (Å²) < 4.78 is 20.8. The van der Waals surface area contributed by atoms with Crippen molar-refractivity contribution in [1.29, 1.82) is 0 Å². The van der Waals surface area contributed by atoms with Crippen LogP contribution in [-0.4, -0.2) is 0 Å². The molecule has 0 N–H and O–H groups in total. The maximum Gasteiger partial charge on any atom is 0.136 e. The summed E-state index contributed by atoms with van der Waals surface area (Å²) in [5.74, 6) is -0.200. The Morgan fingerprint density at radius 2 is 1.46 bits per heavy atom. The summed E-state index contributed by atoms with van der Waals surface area (Å²) in [5.41, 5.74) is 1.57. The third kappa shape index (κ3) is 1.35. The summed E-state index contributed by atoms with van der Waals surface area (Å²) in [7, 11) is 0. The number of fused-ring (bicyclic) bond motifs is 4. The fraction of sp³-hybridized carbons (Fsp3) is 0. The zero-order valence-electron chi connectivity index (χ0n) is 12.6. The van der Waals surface area contributed by atoms with Gasteiger partial charge in [-0.1, -0.05) is 48.5 Å². The summed E-state index contributed by atoms with van der Waals surface area (Å²) in [4.78, 5) is 0. The van der Waals surface area contributed by atoms with E-state index in [9.17, 15) is 4.39 Å². The molecule has 0 amide bonds. The molecule has 0 atom stereocenters. The normalized spacial score (nSPS) is 12.4. The second-order valence-electron chi connectivity index (χ2n) is 6.32. The highest BCUT2D eigenvalue weighted by Gasteiger charge is 2.17. The minimum atomic E-state index is -0.200. The molecule has 6 aromatic rings. The molecule has 1 nitrogen and oxygen atoms in total. The molecular weight excluding hydrogens is 299 g/mol. The molecule has 112 valence electrons. The van der Waals surface area contributed by atoms with E-state index < -0.39 is 0 Å². The first-order valence-corrected chi connectivity index (χ1v) is 7.98. The van der Waals surface area contributed by atoms with E-state index in [1.54, 1.807) is 6.07 Å². The first kappa shape index (κ1) is 12.3. The number of benzene rings is 5. The van der Waals surface area contributed by atoms with Crippen LogP contribution < -0.4 is 0 Å². The fourth-order valence-corrected chi connectivity index (χ4v) is 4.07. The Morgan fingerprint density at radius 1 is 0.583 bits per heavy atom. The van der Waals surface area contributed by atoms with Crippen molar-refractivity contribution in [2.45, 2.75) is 0 Å². The van der Waals surface area contributed by atoms with E-state index in [0.717, 1.165) is 48.9 Å². The Kier molecular flexibility index (Phi) is 2.07. The van der Waals surface area contributed by atoms with Gasteiger partial charge in [-0.2, -0.15) is 0 Å². The lowest BCUT2D eigenvalue weighted by Crippen LogP contribution is -1.88. The van der Waals surface area contributed by atoms with Gasteiger partial charge in [-0.25, -0.2) is 4.39 Å². The molecule has 6 rings (SSSR count).